The van der Waals surface area contributed by atoms with Gasteiger partial charge in [-0.2, -0.15) is 0 Å². The molecule has 0 spiro atoms. The smallest absolute Gasteiger partial charge is 0.237 e. The van der Waals surface area contributed by atoms with Gasteiger partial charge in [0.1, 0.15) is 0 Å². The van der Waals surface area contributed by atoms with E-state index in [2.05, 4.69) is 60.2 Å². The molecule has 1 saturated heterocycles. The number of benzene rings is 1. The quantitative estimate of drug-likeness (QED) is 0.906. The molecular formula is C18H29N3O. The van der Waals surface area contributed by atoms with Crippen LogP contribution in [0.2, 0.25) is 0 Å². The topological polar surface area (TPSA) is 35.6 Å². The van der Waals surface area contributed by atoms with Gasteiger partial charge in [0, 0.05) is 38.4 Å². The van der Waals surface area contributed by atoms with Crippen molar-refractivity contribution in [2.24, 2.45) is 5.92 Å². The van der Waals surface area contributed by atoms with Gasteiger partial charge in [-0.25, -0.2) is 0 Å². The van der Waals surface area contributed by atoms with Crippen LogP contribution in [0.3, 0.4) is 0 Å². The predicted molar refractivity (Wildman–Crippen MR) is 92.3 cm³/mol. The van der Waals surface area contributed by atoms with Gasteiger partial charge in [-0.3, -0.25) is 9.69 Å². The third-order valence-electron chi connectivity index (χ3n) is 4.38. The molecule has 0 aromatic heterocycles. The SMILES string of the molecule is Cc1ccccc1N1CCN(C(C)C(=O)NCC(C)C)CC1. The third kappa shape index (κ3) is 4.23. The Balaban J connectivity index is 1.86. The van der Waals surface area contributed by atoms with E-state index in [9.17, 15) is 4.79 Å². The first kappa shape index (κ1) is 16.8. The second kappa shape index (κ2) is 7.63. The van der Waals surface area contributed by atoms with Crippen LogP contribution in [0.25, 0.3) is 0 Å². The van der Waals surface area contributed by atoms with Crippen LogP contribution in [0.15, 0.2) is 24.3 Å². The van der Waals surface area contributed by atoms with Crippen molar-refractivity contribution < 1.29 is 4.79 Å². The highest BCUT2D eigenvalue weighted by Gasteiger charge is 2.25. The van der Waals surface area contributed by atoms with Crippen molar-refractivity contribution in [2.45, 2.75) is 33.7 Å². The highest BCUT2D eigenvalue weighted by molar-refractivity contribution is 5.81. The summed E-state index contributed by atoms with van der Waals surface area (Å²) in [6.45, 7) is 13.0. The number of piperazine rings is 1. The Bertz CT molecular complexity index is 493. The van der Waals surface area contributed by atoms with Gasteiger partial charge in [-0.1, -0.05) is 32.0 Å². The number of aryl methyl sites for hydroxylation is 1. The molecule has 1 atom stereocenters. The summed E-state index contributed by atoms with van der Waals surface area (Å²) < 4.78 is 0. The molecule has 1 unspecified atom stereocenters. The molecule has 0 bridgehead atoms. The molecule has 4 heteroatoms. The number of carbonyl (C=O) groups excluding carboxylic acids is 1. The number of rotatable bonds is 5. The lowest BCUT2D eigenvalue weighted by Crippen LogP contribution is -2.54. The maximum absolute atomic E-state index is 12.2. The zero-order valence-corrected chi connectivity index (χ0v) is 14.3. The van der Waals surface area contributed by atoms with Gasteiger partial charge in [0.2, 0.25) is 5.91 Å². The molecule has 1 heterocycles. The van der Waals surface area contributed by atoms with E-state index in [-0.39, 0.29) is 11.9 Å². The molecule has 1 aliphatic rings. The fourth-order valence-electron chi connectivity index (χ4n) is 2.89. The summed E-state index contributed by atoms with van der Waals surface area (Å²) in [5.41, 5.74) is 2.64. The van der Waals surface area contributed by atoms with Crippen molar-refractivity contribution in [1.29, 1.82) is 0 Å². The highest BCUT2D eigenvalue weighted by atomic mass is 16.2. The Labute approximate surface area is 134 Å². The number of hydrogen-bond acceptors (Lipinski definition) is 3. The first-order valence-electron chi connectivity index (χ1n) is 8.31. The van der Waals surface area contributed by atoms with Crippen molar-refractivity contribution in [1.82, 2.24) is 10.2 Å². The number of hydrogen-bond donors (Lipinski definition) is 1. The molecule has 22 heavy (non-hydrogen) atoms. The Morgan fingerprint density at radius 3 is 2.36 bits per heavy atom. The standard InChI is InChI=1S/C18H29N3O/c1-14(2)13-19-18(22)16(4)20-9-11-21(12-10-20)17-8-6-5-7-15(17)3/h5-8,14,16H,9-13H2,1-4H3,(H,19,22). The first-order chi connectivity index (χ1) is 10.5. The van der Waals surface area contributed by atoms with Crippen LogP contribution in [0.1, 0.15) is 26.3 Å². The van der Waals surface area contributed by atoms with E-state index in [1.54, 1.807) is 0 Å². The summed E-state index contributed by atoms with van der Waals surface area (Å²) >= 11 is 0. The molecule has 122 valence electrons. The summed E-state index contributed by atoms with van der Waals surface area (Å²) in [6, 6.07) is 8.47. The Hall–Kier alpha value is -1.55. The molecule has 1 amide bonds. The molecule has 1 aromatic rings. The lowest BCUT2D eigenvalue weighted by atomic mass is 10.1. The van der Waals surface area contributed by atoms with E-state index in [1.165, 1.54) is 11.3 Å². The maximum Gasteiger partial charge on any atom is 0.237 e. The highest BCUT2D eigenvalue weighted by Crippen LogP contribution is 2.21. The Morgan fingerprint density at radius 2 is 1.77 bits per heavy atom. The molecule has 0 aliphatic carbocycles. The number of nitrogens with one attached hydrogen (secondary N) is 1. The van der Waals surface area contributed by atoms with E-state index in [4.69, 9.17) is 0 Å². The number of anilines is 1. The van der Waals surface area contributed by atoms with Gasteiger partial charge in [-0.05, 0) is 31.4 Å². The molecule has 4 nitrogen and oxygen atoms in total. The van der Waals surface area contributed by atoms with Crippen LogP contribution >= 0.6 is 0 Å². The molecule has 2 rings (SSSR count). The Morgan fingerprint density at radius 1 is 1.14 bits per heavy atom. The van der Waals surface area contributed by atoms with E-state index >= 15 is 0 Å². The van der Waals surface area contributed by atoms with E-state index < -0.39 is 0 Å². The zero-order chi connectivity index (χ0) is 16.1. The third-order valence-corrected chi connectivity index (χ3v) is 4.38. The average Bonchev–Trinajstić information content (AvgIpc) is 2.52. The zero-order valence-electron chi connectivity index (χ0n) is 14.3. The number of amides is 1. The summed E-state index contributed by atoms with van der Waals surface area (Å²) in [6.07, 6.45) is 0. The summed E-state index contributed by atoms with van der Waals surface area (Å²) in [7, 11) is 0. The minimum Gasteiger partial charge on any atom is -0.369 e. The average molecular weight is 303 g/mol. The van der Waals surface area contributed by atoms with Gasteiger partial charge in [0.25, 0.3) is 0 Å². The van der Waals surface area contributed by atoms with Crippen molar-refractivity contribution in [3.8, 4) is 0 Å². The van der Waals surface area contributed by atoms with Crippen LogP contribution in [0, 0.1) is 12.8 Å². The summed E-state index contributed by atoms with van der Waals surface area (Å²) in [4.78, 5) is 16.9. The van der Waals surface area contributed by atoms with Gasteiger partial charge in [0.05, 0.1) is 6.04 Å². The minimum atomic E-state index is -0.0437. The molecule has 0 radical (unpaired) electrons. The largest absolute Gasteiger partial charge is 0.369 e. The molecule has 0 saturated carbocycles. The fourth-order valence-corrected chi connectivity index (χ4v) is 2.89. The van der Waals surface area contributed by atoms with Crippen molar-refractivity contribution in [3.63, 3.8) is 0 Å². The van der Waals surface area contributed by atoms with Gasteiger partial charge < -0.3 is 10.2 Å². The van der Waals surface area contributed by atoms with Gasteiger partial charge in [-0.15, -0.1) is 0 Å². The van der Waals surface area contributed by atoms with E-state index in [1.807, 2.05) is 6.92 Å². The Kier molecular flexibility index (Phi) is 5.83. The number of nitrogens with zero attached hydrogens (tertiary/aromatic N) is 2. The van der Waals surface area contributed by atoms with Crippen molar-refractivity contribution in [3.05, 3.63) is 29.8 Å². The van der Waals surface area contributed by atoms with Crippen LogP contribution in [0.5, 0.6) is 0 Å². The molecular weight excluding hydrogens is 274 g/mol. The number of para-hydroxylation sites is 1. The van der Waals surface area contributed by atoms with E-state index in [0.29, 0.717) is 5.92 Å². The van der Waals surface area contributed by atoms with Crippen LogP contribution < -0.4 is 10.2 Å². The van der Waals surface area contributed by atoms with Gasteiger partial charge >= 0.3 is 0 Å². The molecule has 1 aliphatic heterocycles. The molecule has 1 aromatic carbocycles. The van der Waals surface area contributed by atoms with Crippen molar-refractivity contribution in [2.75, 3.05) is 37.6 Å². The van der Waals surface area contributed by atoms with E-state index in [0.717, 1.165) is 32.7 Å². The number of carbonyl (C=O) groups is 1. The monoisotopic (exact) mass is 303 g/mol. The lowest BCUT2D eigenvalue weighted by Gasteiger charge is -2.39. The summed E-state index contributed by atoms with van der Waals surface area (Å²) in [5.74, 6) is 0.645. The molecule has 1 N–H and O–H groups in total. The first-order valence-corrected chi connectivity index (χ1v) is 8.31. The summed E-state index contributed by atoms with van der Waals surface area (Å²) in [5, 5.41) is 3.04. The van der Waals surface area contributed by atoms with Gasteiger partial charge in [0.15, 0.2) is 0 Å². The maximum atomic E-state index is 12.2. The second-order valence-corrected chi connectivity index (χ2v) is 6.62. The predicted octanol–water partition coefficient (Wildman–Crippen LogP) is 2.28. The lowest BCUT2D eigenvalue weighted by molar-refractivity contribution is -0.126. The van der Waals surface area contributed by atoms with Crippen LogP contribution in [-0.4, -0.2) is 49.6 Å². The van der Waals surface area contributed by atoms with Crippen LogP contribution in [0.4, 0.5) is 5.69 Å². The minimum absolute atomic E-state index is 0.0437. The fraction of sp³-hybridized carbons (Fsp3) is 0.611. The normalized spacial score (nSPS) is 17.6. The second-order valence-electron chi connectivity index (χ2n) is 6.62. The van der Waals surface area contributed by atoms with Crippen molar-refractivity contribution >= 4 is 11.6 Å². The van der Waals surface area contributed by atoms with Crippen LogP contribution in [-0.2, 0) is 4.79 Å². The molecule has 1 fully saturated rings.